The lowest BCUT2D eigenvalue weighted by molar-refractivity contribution is 0.0410. The van der Waals surface area contributed by atoms with Crippen LogP contribution in [0.5, 0.6) is 0 Å². The second-order valence-electron chi connectivity index (χ2n) is 6.96. The molecule has 0 spiro atoms. The van der Waals surface area contributed by atoms with Crippen molar-refractivity contribution >= 4 is 22.7 Å². The number of hydrogen-bond donors (Lipinski definition) is 0. The summed E-state index contributed by atoms with van der Waals surface area (Å²) in [5.41, 5.74) is 4.04. The Labute approximate surface area is 153 Å². The largest absolute Gasteiger partial charge is 0.423 e. The number of thioether (sulfide) groups is 1. The van der Waals surface area contributed by atoms with Crippen molar-refractivity contribution in [2.24, 2.45) is 0 Å². The molecule has 2 heterocycles. The number of ether oxygens (including phenoxy) is 1. The fourth-order valence-corrected chi connectivity index (χ4v) is 4.32. The summed E-state index contributed by atoms with van der Waals surface area (Å²) in [5.74, 6) is 2.36. The lowest BCUT2D eigenvalue weighted by atomic mass is 9.95. The van der Waals surface area contributed by atoms with Gasteiger partial charge in [-0.1, -0.05) is 13.8 Å². The predicted molar refractivity (Wildman–Crippen MR) is 105 cm³/mol. The van der Waals surface area contributed by atoms with E-state index in [9.17, 15) is 4.79 Å². The smallest absolute Gasteiger partial charge is 0.336 e. The fraction of sp³-hybridized carbons (Fsp3) is 0.550. The third kappa shape index (κ3) is 4.66. The summed E-state index contributed by atoms with van der Waals surface area (Å²) in [6.07, 6.45) is 0. The summed E-state index contributed by atoms with van der Waals surface area (Å²) >= 11 is 1.88. The summed E-state index contributed by atoms with van der Waals surface area (Å²) in [4.78, 5) is 14.4. The molecule has 0 bridgehead atoms. The molecule has 4 nitrogen and oxygen atoms in total. The van der Waals surface area contributed by atoms with Crippen molar-refractivity contribution in [2.45, 2.75) is 32.4 Å². The number of nitrogens with zero attached hydrogens (tertiary/aromatic N) is 1. The molecular weight excluding hydrogens is 334 g/mol. The van der Waals surface area contributed by atoms with Crippen molar-refractivity contribution in [3.8, 4) is 0 Å². The standard InChI is InChI=1S/C20H27NO3S/c1-14(2)17-12-18-16(11-20(22)24-19(18)10-15(17)3)13-25-9-6-21-4-7-23-8-5-21/h10-12,14H,4-9,13H2,1-3H3. The van der Waals surface area contributed by atoms with Crippen LogP contribution in [0.3, 0.4) is 0 Å². The Morgan fingerprint density at radius 3 is 2.68 bits per heavy atom. The van der Waals surface area contributed by atoms with Crippen LogP contribution in [-0.2, 0) is 10.5 Å². The molecular formula is C20H27NO3S. The van der Waals surface area contributed by atoms with Gasteiger partial charge >= 0.3 is 5.63 Å². The average Bonchev–Trinajstić information content (AvgIpc) is 2.58. The number of aryl methyl sites for hydroxylation is 1. The summed E-state index contributed by atoms with van der Waals surface area (Å²) < 4.78 is 10.8. The van der Waals surface area contributed by atoms with Gasteiger partial charge in [-0.05, 0) is 41.7 Å². The highest BCUT2D eigenvalue weighted by Gasteiger charge is 2.12. The van der Waals surface area contributed by atoms with Crippen LogP contribution in [0.4, 0.5) is 0 Å². The fourth-order valence-electron chi connectivity index (χ4n) is 3.33. The van der Waals surface area contributed by atoms with Crippen LogP contribution in [0.1, 0.15) is 36.5 Å². The molecule has 0 atom stereocenters. The lowest BCUT2D eigenvalue weighted by Gasteiger charge is -2.26. The molecule has 5 heteroatoms. The Hall–Kier alpha value is -1.30. The maximum absolute atomic E-state index is 11.9. The molecule has 1 aromatic carbocycles. The van der Waals surface area contributed by atoms with Crippen LogP contribution in [0, 0.1) is 6.92 Å². The maximum atomic E-state index is 11.9. The minimum Gasteiger partial charge on any atom is -0.423 e. The van der Waals surface area contributed by atoms with Crippen LogP contribution >= 0.6 is 11.8 Å². The van der Waals surface area contributed by atoms with Crippen molar-refractivity contribution < 1.29 is 9.15 Å². The van der Waals surface area contributed by atoms with E-state index < -0.39 is 0 Å². The topological polar surface area (TPSA) is 42.7 Å². The number of morpholine rings is 1. The van der Waals surface area contributed by atoms with Crippen molar-refractivity contribution in [1.29, 1.82) is 0 Å². The third-order valence-electron chi connectivity index (χ3n) is 4.75. The van der Waals surface area contributed by atoms with E-state index >= 15 is 0 Å². The highest BCUT2D eigenvalue weighted by atomic mass is 32.2. The molecule has 1 aliphatic rings. The SMILES string of the molecule is Cc1cc2oc(=O)cc(CSCCN3CCOCC3)c2cc1C(C)C. The highest BCUT2D eigenvalue weighted by Crippen LogP contribution is 2.28. The summed E-state index contributed by atoms with van der Waals surface area (Å²) in [7, 11) is 0. The zero-order valence-electron chi connectivity index (χ0n) is 15.3. The van der Waals surface area contributed by atoms with E-state index in [1.807, 2.05) is 17.8 Å². The molecule has 0 unspecified atom stereocenters. The molecule has 0 aliphatic carbocycles. The second kappa shape index (κ2) is 8.39. The number of fused-ring (bicyclic) bond motifs is 1. The number of hydrogen-bond acceptors (Lipinski definition) is 5. The Bertz CT molecular complexity index is 778. The van der Waals surface area contributed by atoms with E-state index in [2.05, 4.69) is 31.7 Å². The third-order valence-corrected chi connectivity index (χ3v) is 5.74. The zero-order valence-corrected chi connectivity index (χ0v) is 16.2. The quantitative estimate of drug-likeness (QED) is 0.578. The van der Waals surface area contributed by atoms with Crippen LogP contribution in [0.2, 0.25) is 0 Å². The minimum absolute atomic E-state index is 0.257. The minimum atomic E-state index is -0.257. The molecule has 1 saturated heterocycles. The van der Waals surface area contributed by atoms with E-state index in [1.54, 1.807) is 6.07 Å². The lowest BCUT2D eigenvalue weighted by Crippen LogP contribution is -2.37. The van der Waals surface area contributed by atoms with Gasteiger partial charge < -0.3 is 9.15 Å². The summed E-state index contributed by atoms with van der Waals surface area (Å²) in [5, 5.41) is 1.08. The molecule has 1 aliphatic heterocycles. The van der Waals surface area contributed by atoms with E-state index in [4.69, 9.17) is 9.15 Å². The van der Waals surface area contributed by atoms with Crippen molar-refractivity contribution in [2.75, 3.05) is 38.6 Å². The molecule has 2 aromatic rings. The summed E-state index contributed by atoms with van der Waals surface area (Å²) in [6.45, 7) is 11.3. The Kier molecular flexibility index (Phi) is 6.20. The molecule has 0 amide bonds. The van der Waals surface area contributed by atoms with E-state index in [0.717, 1.165) is 55.3 Å². The molecule has 0 N–H and O–H groups in total. The van der Waals surface area contributed by atoms with Crippen LogP contribution in [-0.4, -0.2) is 43.5 Å². The first-order chi connectivity index (χ1) is 12.0. The van der Waals surface area contributed by atoms with Crippen LogP contribution < -0.4 is 5.63 Å². The van der Waals surface area contributed by atoms with Gasteiger partial charge in [-0.2, -0.15) is 11.8 Å². The Morgan fingerprint density at radius 1 is 1.20 bits per heavy atom. The molecule has 25 heavy (non-hydrogen) atoms. The first-order valence-corrected chi connectivity index (χ1v) is 10.1. The molecule has 3 rings (SSSR count). The van der Waals surface area contributed by atoms with Crippen molar-refractivity contribution in [3.05, 3.63) is 45.3 Å². The maximum Gasteiger partial charge on any atom is 0.336 e. The van der Waals surface area contributed by atoms with Gasteiger partial charge in [0, 0.05) is 42.6 Å². The second-order valence-corrected chi connectivity index (χ2v) is 8.06. The van der Waals surface area contributed by atoms with Crippen LogP contribution in [0.25, 0.3) is 11.0 Å². The molecule has 1 aromatic heterocycles. The van der Waals surface area contributed by atoms with Gasteiger partial charge in [0.15, 0.2) is 0 Å². The number of rotatable bonds is 6. The zero-order chi connectivity index (χ0) is 17.8. The highest BCUT2D eigenvalue weighted by molar-refractivity contribution is 7.98. The van der Waals surface area contributed by atoms with E-state index in [0.29, 0.717) is 11.5 Å². The van der Waals surface area contributed by atoms with Crippen LogP contribution in [0.15, 0.2) is 27.4 Å². The monoisotopic (exact) mass is 361 g/mol. The van der Waals surface area contributed by atoms with Gasteiger partial charge in [0.2, 0.25) is 0 Å². The van der Waals surface area contributed by atoms with Gasteiger partial charge in [-0.3, -0.25) is 4.90 Å². The molecule has 1 fully saturated rings. The van der Waals surface area contributed by atoms with E-state index in [1.165, 1.54) is 11.1 Å². The summed E-state index contributed by atoms with van der Waals surface area (Å²) in [6, 6.07) is 5.87. The van der Waals surface area contributed by atoms with Crippen molar-refractivity contribution in [3.63, 3.8) is 0 Å². The normalized spacial score (nSPS) is 16.0. The van der Waals surface area contributed by atoms with Gasteiger partial charge in [-0.25, -0.2) is 4.79 Å². The van der Waals surface area contributed by atoms with Crippen molar-refractivity contribution in [1.82, 2.24) is 4.90 Å². The Morgan fingerprint density at radius 2 is 1.96 bits per heavy atom. The molecule has 0 radical (unpaired) electrons. The van der Waals surface area contributed by atoms with Gasteiger partial charge in [-0.15, -0.1) is 0 Å². The van der Waals surface area contributed by atoms with Gasteiger partial charge in [0.05, 0.1) is 13.2 Å². The first-order valence-electron chi connectivity index (χ1n) is 8.99. The Balaban J connectivity index is 1.73. The molecule has 0 saturated carbocycles. The average molecular weight is 362 g/mol. The van der Waals surface area contributed by atoms with Gasteiger partial charge in [0.25, 0.3) is 0 Å². The first kappa shape index (κ1) is 18.5. The van der Waals surface area contributed by atoms with Gasteiger partial charge in [0.1, 0.15) is 5.58 Å². The predicted octanol–water partition coefficient (Wildman–Crippen LogP) is 3.79. The van der Waals surface area contributed by atoms with E-state index in [-0.39, 0.29) is 5.63 Å². The number of benzene rings is 1. The molecule has 136 valence electrons.